The van der Waals surface area contributed by atoms with E-state index in [9.17, 15) is 27.6 Å². The number of allylic oxidation sites excluding steroid dienone is 1. The van der Waals surface area contributed by atoms with Gasteiger partial charge in [-0.15, -0.1) is 0 Å². The van der Waals surface area contributed by atoms with Crippen LogP contribution in [0.1, 0.15) is 103 Å². The van der Waals surface area contributed by atoms with Gasteiger partial charge < -0.3 is 34.5 Å². The van der Waals surface area contributed by atoms with E-state index in [1.54, 1.807) is 18.2 Å². The predicted molar refractivity (Wildman–Crippen MR) is 235 cm³/mol. The van der Waals surface area contributed by atoms with Crippen LogP contribution in [0.25, 0.3) is 10.9 Å². The van der Waals surface area contributed by atoms with Crippen LogP contribution >= 0.6 is 0 Å². The molecule has 4 aliphatic heterocycles. The Bertz CT molecular complexity index is 2370. The number of aryl methyl sites for hydroxylation is 1. The van der Waals surface area contributed by atoms with Crippen LogP contribution in [0.4, 0.5) is 18.0 Å². The molecular weight excluding hydrogens is 886 g/mol. The van der Waals surface area contributed by atoms with E-state index >= 15 is 13.2 Å². The Morgan fingerprint density at radius 3 is 2.52 bits per heavy atom. The van der Waals surface area contributed by atoms with E-state index in [0.717, 1.165) is 13.1 Å². The van der Waals surface area contributed by atoms with Crippen molar-refractivity contribution in [3.05, 3.63) is 41.6 Å². The van der Waals surface area contributed by atoms with Gasteiger partial charge in [-0.1, -0.05) is 45.8 Å². The number of fused-ring (bicyclic) bond motifs is 5. The molecule has 16 nitrogen and oxygen atoms in total. The third-order valence-corrected chi connectivity index (χ3v) is 15.9. The summed E-state index contributed by atoms with van der Waals surface area (Å²) in [5.74, 6) is -3.03. The number of hydrogen-bond donors (Lipinski definition) is 3. The molecule has 2 saturated heterocycles. The second-order valence-electron chi connectivity index (χ2n) is 20.3. The van der Waals surface area contributed by atoms with E-state index in [1.807, 2.05) is 26.8 Å². The van der Waals surface area contributed by atoms with Gasteiger partial charge in [-0.05, 0) is 81.9 Å². The highest BCUT2D eigenvalue weighted by Crippen LogP contribution is 2.50. The highest BCUT2D eigenvalue weighted by atomic mass is 32.2. The zero-order valence-electron chi connectivity index (χ0n) is 38.0. The van der Waals surface area contributed by atoms with Crippen molar-refractivity contribution in [2.75, 3.05) is 52.6 Å². The zero-order valence-corrected chi connectivity index (χ0v) is 38.8. The topological polar surface area (TPSA) is 195 Å². The Morgan fingerprint density at radius 1 is 1.05 bits per heavy atom. The molecule has 2 aromatic rings. The number of alkyl carbamates (subject to hydrolysis) is 1. The Balaban J connectivity index is 1.12. The van der Waals surface area contributed by atoms with Crippen molar-refractivity contribution in [1.29, 1.82) is 0 Å². The number of sulfonamides is 1. The van der Waals surface area contributed by atoms with Crippen LogP contribution in [-0.2, 0) is 46.5 Å². The largest absolute Gasteiger partial charge is 0.492 e. The Kier molecular flexibility index (Phi) is 13.1. The number of hydrogen-bond acceptors (Lipinski definition) is 12. The monoisotopic (exact) mass is 946 g/mol. The number of carbonyl (C=O) groups is 4. The van der Waals surface area contributed by atoms with Crippen LogP contribution in [0.2, 0.25) is 0 Å². The number of alkyl halides is 3. The van der Waals surface area contributed by atoms with Gasteiger partial charge in [-0.3, -0.25) is 24.0 Å². The lowest BCUT2D eigenvalue weighted by atomic mass is 9.87. The molecule has 8 rings (SSSR count). The smallest absolute Gasteiger partial charge is 0.437 e. The summed E-state index contributed by atoms with van der Waals surface area (Å²) < 4.78 is 96.2. The molecule has 66 heavy (non-hydrogen) atoms. The minimum atomic E-state index is -4.95. The van der Waals surface area contributed by atoms with Gasteiger partial charge in [0.2, 0.25) is 21.8 Å². The van der Waals surface area contributed by atoms with Crippen molar-refractivity contribution in [1.82, 2.24) is 30.1 Å². The maximum atomic E-state index is 15.0. The summed E-state index contributed by atoms with van der Waals surface area (Å²) in [6.07, 6.45) is 1.21. The maximum Gasteiger partial charge on any atom is 0.437 e. The molecule has 5 heterocycles. The number of halogens is 3. The van der Waals surface area contributed by atoms with Crippen LogP contribution in [0.5, 0.6) is 11.5 Å². The zero-order chi connectivity index (χ0) is 47.3. The molecule has 2 saturated carbocycles. The molecular formula is C46H61F3N6O10S. The molecule has 0 radical (unpaired) electrons. The van der Waals surface area contributed by atoms with Gasteiger partial charge in [-0.25, -0.2) is 18.2 Å². The lowest BCUT2D eigenvalue weighted by Gasteiger charge is -2.37. The van der Waals surface area contributed by atoms with E-state index in [2.05, 4.69) is 25.2 Å². The molecule has 4 amide bonds. The van der Waals surface area contributed by atoms with Crippen molar-refractivity contribution >= 4 is 44.7 Å². The van der Waals surface area contributed by atoms with Gasteiger partial charge in [0.1, 0.15) is 35.6 Å². The highest BCUT2D eigenvalue weighted by Gasteiger charge is 2.64. The number of nitrogens with zero attached hydrogens (tertiary/aromatic N) is 3. The minimum absolute atomic E-state index is 0.0453. The normalized spacial score (nSPS) is 28.7. The molecule has 362 valence electrons. The number of carbonyl (C=O) groups excluding carboxylic acids is 4. The lowest BCUT2D eigenvalue weighted by Crippen LogP contribution is -2.58. The molecule has 1 spiro atoms. The fraction of sp³-hybridized carbons (Fsp3) is 0.674. The molecule has 1 aromatic heterocycles. The van der Waals surface area contributed by atoms with Gasteiger partial charge in [0, 0.05) is 42.9 Å². The van der Waals surface area contributed by atoms with E-state index < -0.39 is 85.3 Å². The van der Waals surface area contributed by atoms with Crippen molar-refractivity contribution < 1.29 is 59.7 Å². The second-order valence-corrected chi connectivity index (χ2v) is 22.5. The van der Waals surface area contributed by atoms with Gasteiger partial charge in [-0.2, -0.15) is 13.2 Å². The molecule has 5 atom stereocenters. The summed E-state index contributed by atoms with van der Waals surface area (Å²) in [5, 5.41) is 5.92. The minimum Gasteiger partial charge on any atom is -0.492 e. The van der Waals surface area contributed by atoms with Crippen LogP contribution in [0.15, 0.2) is 30.4 Å². The summed E-state index contributed by atoms with van der Waals surface area (Å²) in [7, 11) is -4.11. The van der Waals surface area contributed by atoms with Crippen molar-refractivity contribution in [2.45, 2.75) is 132 Å². The second kappa shape index (κ2) is 18.1. The van der Waals surface area contributed by atoms with Crippen LogP contribution < -0.4 is 24.8 Å². The lowest BCUT2D eigenvalue weighted by molar-refractivity contribution is -0.144. The molecule has 4 fully saturated rings. The summed E-state index contributed by atoms with van der Waals surface area (Å²) >= 11 is 0. The first-order chi connectivity index (χ1) is 31.1. The molecule has 0 unspecified atom stereocenters. The van der Waals surface area contributed by atoms with Crippen LogP contribution in [0.3, 0.4) is 0 Å². The van der Waals surface area contributed by atoms with Crippen molar-refractivity contribution in [3.8, 4) is 11.5 Å². The first-order valence-corrected chi connectivity index (χ1v) is 24.5. The molecule has 1 aromatic carbocycles. The summed E-state index contributed by atoms with van der Waals surface area (Å²) in [6.45, 7) is 10.6. The highest BCUT2D eigenvalue weighted by molar-refractivity contribution is 7.91. The van der Waals surface area contributed by atoms with Crippen LogP contribution in [0, 0.1) is 11.3 Å². The van der Waals surface area contributed by atoms with Crippen molar-refractivity contribution in [3.63, 3.8) is 0 Å². The fourth-order valence-electron chi connectivity index (χ4n) is 9.37. The third-order valence-electron chi connectivity index (χ3n) is 13.8. The maximum absolute atomic E-state index is 15.0. The van der Waals surface area contributed by atoms with Crippen LogP contribution in [-0.4, -0.2) is 128 Å². The van der Waals surface area contributed by atoms with E-state index in [4.69, 9.17) is 18.9 Å². The summed E-state index contributed by atoms with van der Waals surface area (Å²) in [5.41, 5.74) is -4.51. The summed E-state index contributed by atoms with van der Waals surface area (Å²) in [4.78, 5) is 64.4. The number of aromatic nitrogens is 1. The number of ether oxygens (including phenoxy) is 4. The predicted octanol–water partition coefficient (Wildman–Crippen LogP) is 5.16. The first-order valence-electron chi connectivity index (χ1n) is 23.1. The fourth-order valence-corrected chi connectivity index (χ4v) is 10.7. The SMILES string of the molecule is CC(C)(C)COC(=O)N[C@H]1CCCCC/C=C\[C@@H]2C[C@@]2(C(=O)NS(=O)(=O)C2(C)CC2)NC(=O)[C@@H]2C[C@]3(CCc4c(c(C(F)(F)F)nc5ccc(OCCN6CCOCC6)cc45)O3)CN2C1=O. The van der Waals surface area contributed by atoms with Crippen molar-refractivity contribution in [2.24, 2.45) is 11.3 Å². The Hall–Kier alpha value is -4.69. The van der Waals surface area contributed by atoms with Gasteiger partial charge >= 0.3 is 12.3 Å². The average molecular weight is 947 g/mol. The molecule has 3 N–H and O–H groups in total. The quantitative estimate of drug-likeness (QED) is 0.280. The molecule has 6 aliphatic rings. The van der Waals surface area contributed by atoms with Gasteiger partial charge in [0.05, 0.1) is 36.6 Å². The number of nitrogens with one attached hydrogen (secondary N) is 3. The average Bonchev–Trinajstić information content (AvgIpc) is 4.15. The number of morpholine rings is 1. The Labute approximate surface area is 383 Å². The first kappa shape index (κ1) is 47.8. The van der Waals surface area contributed by atoms with E-state index in [0.29, 0.717) is 76.0 Å². The molecule has 20 heteroatoms. The van der Waals surface area contributed by atoms with Gasteiger partial charge in [0.25, 0.3) is 5.91 Å². The molecule has 0 bridgehead atoms. The number of amides is 4. The molecule has 2 aliphatic carbocycles. The van der Waals surface area contributed by atoms with Gasteiger partial charge in [0.15, 0.2) is 11.4 Å². The number of rotatable bonds is 9. The number of pyridine rings is 1. The number of benzene rings is 1. The van der Waals surface area contributed by atoms with E-state index in [-0.39, 0.29) is 61.8 Å². The standard InChI is InChI=1S/C46H61F3N6O10S/c1-42(2,3)28-64-41(59)51-34-11-9-7-5-6-8-10-29-25-45(29,40(58)53-66(60,61)43(4)16-17-43)52-38(56)35-26-44(27-55(35)39(34)57)15-14-31-32-24-30(63-23-20-54-18-21-62-22-19-54)12-13-33(32)50-37(36(31)65-44)46(47,48)49/h8,10,12-13,24,29,34-35H,5-7,9,11,14-23,25-28H2,1-4H3,(H,51,59)(H,52,56)(H,53,58)/b10-8-/t29-,34+,35+,44-,45-/m1/s1. The summed E-state index contributed by atoms with van der Waals surface area (Å²) in [6, 6.07) is 2.13. The Morgan fingerprint density at radius 2 is 1.80 bits per heavy atom. The third kappa shape index (κ3) is 10.2. The van der Waals surface area contributed by atoms with E-state index in [1.165, 1.54) is 17.9 Å².